The molecule has 1 aromatic carbocycles. The van der Waals surface area contributed by atoms with E-state index in [4.69, 9.17) is 0 Å². The van der Waals surface area contributed by atoms with Crippen LogP contribution in [0.15, 0.2) is 35.2 Å². The van der Waals surface area contributed by atoms with E-state index in [0.717, 1.165) is 49.9 Å². The molecule has 2 aliphatic rings. The lowest BCUT2D eigenvalue weighted by molar-refractivity contribution is 0.468. The molecule has 1 unspecified atom stereocenters. The number of benzene rings is 1. The summed E-state index contributed by atoms with van der Waals surface area (Å²) < 4.78 is 27.6. The van der Waals surface area contributed by atoms with E-state index < -0.39 is 10.0 Å². The van der Waals surface area contributed by atoms with Crippen LogP contribution in [0, 0.1) is 5.92 Å². The van der Waals surface area contributed by atoms with Crippen LogP contribution in [0.5, 0.6) is 0 Å². The minimum Gasteiger partial charge on any atom is -0.385 e. The Morgan fingerprint density at radius 1 is 1.29 bits per heavy atom. The Hall–Kier alpha value is -1.33. The largest absolute Gasteiger partial charge is 0.385 e. The van der Waals surface area contributed by atoms with Gasteiger partial charge in [0.05, 0.1) is 4.90 Å². The van der Waals surface area contributed by atoms with E-state index in [2.05, 4.69) is 22.2 Å². The molecule has 1 heterocycles. The van der Waals surface area contributed by atoms with Crippen molar-refractivity contribution in [3.63, 3.8) is 0 Å². The van der Waals surface area contributed by atoms with Crippen molar-refractivity contribution < 1.29 is 8.42 Å². The van der Waals surface area contributed by atoms with E-state index >= 15 is 0 Å². The summed E-state index contributed by atoms with van der Waals surface area (Å²) in [6.07, 6.45) is 9.40. The van der Waals surface area contributed by atoms with Crippen molar-refractivity contribution in [1.29, 1.82) is 0 Å². The number of allylic oxidation sites excluding steroid dienone is 2. The zero-order valence-corrected chi connectivity index (χ0v) is 13.0. The van der Waals surface area contributed by atoms with E-state index in [0.29, 0.717) is 17.4 Å². The standard InChI is InChI=1S/C16H22N2O2S/c19-21(20,18-12-13-5-2-1-3-6-13)15-8-9-16-14(11-15)7-4-10-17-16/h1-2,8-9,11,13,17-18H,3-7,10,12H2. The van der Waals surface area contributed by atoms with Crippen LogP contribution >= 0.6 is 0 Å². The fourth-order valence-electron chi connectivity index (χ4n) is 2.97. The van der Waals surface area contributed by atoms with Crippen LogP contribution in [0.3, 0.4) is 0 Å². The number of sulfonamides is 1. The number of hydrogen-bond donors (Lipinski definition) is 2. The van der Waals surface area contributed by atoms with Gasteiger partial charge in [-0.1, -0.05) is 12.2 Å². The molecule has 4 nitrogen and oxygen atoms in total. The molecule has 2 N–H and O–H groups in total. The van der Waals surface area contributed by atoms with Crippen LogP contribution in [0.4, 0.5) is 5.69 Å². The second-order valence-electron chi connectivity index (χ2n) is 5.85. The van der Waals surface area contributed by atoms with Gasteiger partial charge in [0.25, 0.3) is 0 Å². The fraction of sp³-hybridized carbons (Fsp3) is 0.500. The molecule has 1 aliphatic heterocycles. The molecule has 21 heavy (non-hydrogen) atoms. The van der Waals surface area contributed by atoms with Crippen molar-refractivity contribution in [3.8, 4) is 0 Å². The second-order valence-corrected chi connectivity index (χ2v) is 7.62. The Morgan fingerprint density at radius 3 is 3.00 bits per heavy atom. The van der Waals surface area contributed by atoms with Gasteiger partial charge in [0.1, 0.15) is 0 Å². The third-order valence-corrected chi connectivity index (χ3v) is 5.69. The minimum absolute atomic E-state index is 0.385. The summed E-state index contributed by atoms with van der Waals surface area (Å²) in [4.78, 5) is 0.385. The van der Waals surface area contributed by atoms with Crippen molar-refractivity contribution in [1.82, 2.24) is 4.72 Å². The number of aryl methyl sites for hydroxylation is 1. The Bertz CT molecular complexity index is 638. The molecule has 1 atom stereocenters. The van der Waals surface area contributed by atoms with Gasteiger partial charge in [-0.15, -0.1) is 0 Å². The molecule has 1 aliphatic carbocycles. The first-order valence-electron chi connectivity index (χ1n) is 7.66. The lowest BCUT2D eigenvalue weighted by Gasteiger charge is -2.20. The molecule has 0 aromatic heterocycles. The molecule has 0 saturated carbocycles. The highest BCUT2D eigenvalue weighted by atomic mass is 32.2. The number of hydrogen-bond acceptors (Lipinski definition) is 3. The van der Waals surface area contributed by atoms with Crippen molar-refractivity contribution in [2.24, 2.45) is 5.92 Å². The van der Waals surface area contributed by atoms with Crippen LogP contribution in [0.25, 0.3) is 0 Å². The molecule has 5 heteroatoms. The second kappa shape index (κ2) is 6.20. The number of rotatable bonds is 4. The Labute approximate surface area is 126 Å². The van der Waals surface area contributed by atoms with E-state index in [9.17, 15) is 8.42 Å². The molecule has 114 valence electrons. The summed E-state index contributed by atoms with van der Waals surface area (Å²) in [5.74, 6) is 0.420. The predicted octanol–water partition coefficient (Wildman–Crippen LogP) is 2.68. The summed E-state index contributed by atoms with van der Waals surface area (Å²) >= 11 is 0. The van der Waals surface area contributed by atoms with Gasteiger partial charge in [-0.3, -0.25) is 0 Å². The SMILES string of the molecule is O=S(=O)(NCC1CC=CCC1)c1ccc2c(c1)CCCN2. The minimum atomic E-state index is -3.40. The lowest BCUT2D eigenvalue weighted by Crippen LogP contribution is -2.30. The summed E-state index contributed by atoms with van der Waals surface area (Å²) in [6.45, 7) is 1.49. The maximum Gasteiger partial charge on any atom is 0.240 e. The van der Waals surface area contributed by atoms with Gasteiger partial charge in [0.2, 0.25) is 10.0 Å². The van der Waals surface area contributed by atoms with Crippen molar-refractivity contribution in [2.75, 3.05) is 18.4 Å². The van der Waals surface area contributed by atoms with Crippen molar-refractivity contribution >= 4 is 15.7 Å². The van der Waals surface area contributed by atoms with E-state index in [1.54, 1.807) is 6.07 Å². The number of nitrogens with one attached hydrogen (secondary N) is 2. The van der Waals surface area contributed by atoms with Gasteiger partial charge < -0.3 is 5.32 Å². The zero-order valence-electron chi connectivity index (χ0n) is 12.1. The topological polar surface area (TPSA) is 58.2 Å². The monoisotopic (exact) mass is 306 g/mol. The van der Waals surface area contributed by atoms with E-state index in [-0.39, 0.29) is 0 Å². The predicted molar refractivity (Wildman–Crippen MR) is 84.9 cm³/mol. The molecule has 3 rings (SSSR count). The molecule has 1 aromatic rings. The fourth-order valence-corrected chi connectivity index (χ4v) is 4.14. The Balaban J connectivity index is 1.70. The van der Waals surface area contributed by atoms with Gasteiger partial charge in [-0.25, -0.2) is 13.1 Å². The first-order valence-corrected chi connectivity index (χ1v) is 9.15. The summed E-state index contributed by atoms with van der Waals surface area (Å²) in [5, 5.41) is 3.30. The first-order chi connectivity index (χ1) is 10.1. The zero-order chi connectivity index (χ0) is 14.7. The van der Waals surface area contributed by atoms with Gasteiger partial charge in [0, 0.05) is 18.8 Å². The average Bonchev–Trinajstić information content (AvgIpc) is 2.53. The molecule has 0 fully saturated rings. The highest BCUT2D eigenvalue weighted by Crippen LogP contribution is 2.25. The van der Waals surface area contributed by atoms with Crippen LogP contribution in [0.1, 0.15) is 31.2 Å². The van der Waals surface area contributed by atoms with Gasteiger partial charge in [-0.05, 0) is 61.8 Å². The van der Waals surface area contributed by atoms with E-state index in [1.807, 2.05) is 12.1 Å². The maximum absolute atomic E-state index is 12.4. The first kappa shape index (κ1) is 14.6. The number of anilines is 1. The lowest BCUT2D eigenvalue weighted by atomic mass is 9.95. The smallest absolute Gasteiger partial charge is 0.240 e. The molecule has 0 radical (unpaired) electrons. The summed E-state index contributed by atoms with van der Waals surface area (Å²) in [7, 11) is -3.40. The Kier molecular flexibility index (Phi) is 4.31. The maximum atomic E-state index is 12.4. The van der Waals surface area contributed by atoms with Gasteiger partial charge >= 0.3 is 0 Å². The Morgan fingerprint density at radius 2 is 2.19 bits per heavy atom. The van der Waals surface area contributed by atoms with Crippen LogP contribution in [-0.4, -0.2) is 21.5 Å². The molecule has 0 spiro atoms. The van der Waals surface area contributed by atoms with Crippen molar-refractivity contribution in [2.45, 2.75) is 37.0 Å². The normalized spacial score (nSPS) is 21.6. The van der Waals surface area contributed by atoms with Crippen LogP contribution in [0.2, 0.25) is 0 Å². The quantitative estimate of drug-likeness (QED) is 0.841. The average molecular weight is 306 g/mol. The molecule has 0 amide bonds. The van der Waals surface area contributed by atoms with Crippen molar-refractivity contribution in [3.05, 3.63) is 35.9 Å². The van der Waals surface area contributed by atoms with Gasteiger partial charge in [0.15, 0.2) is 0 Å². The van der Waals surface area contributed by atoms with Crippen LogP contribution in [-0.2, 0) is 16.4 Å². The third-order valence-electron chi connectivity index (χ3n) is 4.27. The van der Waals surface area contributed by atoms with Gasteiger partial charge in [-0.2, -0.15) is 0 Å². The van der Waals surface area contributed by atoms with E-state index in [1.165, 1.54) is 0 Å². The summed E-state index contributed by atoms with van der Waals surface area (Å²) in [6, 6.07) is 5.39. The third kappa shape index (κ3) is 3.47. The number of fused-ring (bicyclic) bond motifs is 1. The van der Waals surface area contributed by atoms with Crippen LogP contribution < -0.4 is 10.0 Å². The molecular formula is C16H22N2O2S. The highest BCUT2D eigenvalue weighted by molar-refractivity contribution is 7.89. The molecule has 0 saturated heterocycles. The molecular weight excluding hydrogens is 284 g/mol. The molecule has 0 bridgehead atoms. The highest BCUT2D eigenvalue weighted by Gasteiger charge is 2.19. The summed E-state index contributed by atoms with van der Waals surface area (Å²) in [5.41, 5.74) is 2.17.